The van der Waals surface area contributed by atoms with Gasteiger partial charge < -0.3 is 14.7 Å². The van der Waals surface area contributed by atoms with E-state index in [0.29, 0.717) is 0 Å². The zero-order chi connectivity index (χ0) is 15.4. The predicted molar refractivity (Wildman–Crippen MR) is 73.5 cm³/mol. The highest BCUT2D eigenvalue weighted by atomic mass is 19.1. The second-order valence-electron chi connectivity index (χ2n) is 5.12. The van der Waals surface area contributed by atoms with E-state index in [4.69, 9.17) is 9.84 Å². The molecule has 1 atom stereocenters. The summed E-state index contributed by atoms with van der Waals surface area (Å²) in [5, 5.41) is 8.74. The van der Waals surface area contributed by atoms with Crippen LogP contribution >= 0.6 is 0 Å². The molecule has 0 radical (unpaired) electrons. The Bertz CT molecular complexity index is 530. The van der Waals surface area contributed by atoms with Crippen molar-refractivity contribution in [3.8, 4) is 5.75 Å². The summed E-state index contributed by atoms with van der Waals surface area (Å²) in [7, 11) is 0. The molecule has 5 nitrogen and oxygen atoms in total. The standard InChI is InChI=1S/C15H18FNO4/c1-10(21-13-4-2-3-11(16)9-13)15(20)17(12-5-6-12)8-7-14(18)19/h2-4,9-10,12H,5-8H2,1H3,(H,18,19). The zero-order valence-electron chi connectivity index (χ0n) is 11.8. The summed E-state index contributed by atoms with van der Waals surface area (Å²) >= 11 is 0. The molecular weight excluding hydrogens is 277 g/mol. The van der Waals surface area contributed by atoms with Crippen molar-refractivity contribution in [2.24, 2.45) is 0 Å². The molecule has 0 heterocycles. The minimum absolute atomic E-state index is 0.0884. The van der Waals surface area contributed by atoms with Gasteiger partial charge in [-0.25, -0.2) is 4.39 Å². The van der Waals surface area contributed by atoms with Gasteiger partial charge in [-0.3, -0.25) is 9.59 Å². The number of carbonyl (C=O) groups is 2. The van der Waals surface area contributed by atoms with Crippen molar-refractivity contribution < 1.29 is 23.8 Å². The van der Waals surface area contributed by atoms with Crippen molar-refractivity contribution in [3.05, 3.63) is 30.1 Å². The summed E-state index contributed by atoms with van der Waals surface area (Å²) in [5.41, 5.74) is 0. The molecule has 1 aromatic carbocycles. The van der Waals surface area contributed by atoms with Crippen LogP contribution in [0.2, 0.25) is 0 Å². The van der Waals surface area contributed by atoms with Crippen LogP contribution in [0.15, 0.2) is 24.3 Å². The maximum absolute atomic E-state index is 13.1. The van der Waals surface area contributed by atoms with E-state index in [1.807, 2.05) is 0 Å². The fourth-order valence-corrected chi connectivity index (χ4v) is 2.10. The third kappa shape index (κ3) is 4.44. The van der Waals surface area contributed by atoms with Crippen molar-refractivity contribution in [1.82, 2.24) is 4.90 Å². The zero-order valence-corrected chi connectivity index (χ0v) is 11.8. The molecule has 0 bridgehead atoms. The Morgan fingerprint density at radius 2 is 2.19 bits per heavy atom. The second kappa shape index (κ2) is 6.56. The smallest absolute Gasteiger partial charge is 0.305 e. The maximum atomic E-state index is 13.1. The Morgan fingerprint density at radius 1 is 1.48 bits per heavy atom. The number of carbonyl (C=O) groups excluding carboxylic acids is 1. The molecule has 1 aromatic rings. The second-order valence-corrected chi connectivity index (χ2v) is 5.12. The SMILES string of the molecule is CC(Oc1cccc(F)c1)C(=O)N(CCC(=O)O)C1CC1. The number of benzene rings is 1. The third-order valence-electron chi connectivity index (χ3n) is 3.29. The highest BCUT2D eigenvalue weighted by molar-refractivity contribution is 5.82. The lowest BCUT2D eigenvalue weighted by atomic mass is 10.2. The molecule has 6 heteroatoms. The van der Waals surface area contributed by atoms with Crippen LogP contribution in [0.4, 0.5) is 4.39 Å². The van der Waals surface area contributed by atoms with E-state index in [9.17, 15) is 14.0 Å². The van der Waals surface area contributed by atoms with Gasteiger partial charge in [-0.15, -0.1) is 0 Å². The fourth-order valence-electron chi connectivity index (χ4n) is 2.10. The van der Waals surface area contributed by atoms with Crippen LogP contribution in [0.1, 0.15) is 26.2 Å². The van der Waals surface area contributed by atoms with Crippen LogP contribution in [0.25, 0.3) is 0 Å². The van der Waals surface area contributed by atoms with Crippen molar-refractivity contribution in [3.63, 3.8) is 0 Å². The van der Waals surface area contributed by atoms with Crippen molar-refractivity contribution in [1.29, 1.82) is 0 Å². The average molecular weight is 295 g/mol. The van der Waals surface area contributed by atoms with E-state index in [1.54, 1.807) is 17.9 Å². The molecule has 0 saturated heterocycles. The number of hydrogen-bond donors (Lipinski definition) is 1. The Hall–Kier alpha value is -2.11. The molecule has 1 fully saturated rings. The number of carboxylic acids is 1. The number of rotatable bonds is 7. The van der Waals surface area contributed by atoms with Crippen LogP contribution in [0.3, 0.4) is 0 Å². The summed E-state index contributed by atoms with van der Waals surface area (Å²) in [4.78, 5) is 24.6. The van der Waals surface area contributed by atoms with Gasteiger partial charge in [0.2, 0.25) is 0 Å². The van der Waals surface area contributed by atoms with Crippen LogP contribution < -0.4 is 4.74 Å². The summed E-state index contributed by atoms with van der Waals surface area (Å²) < 4.78 is 18.5. The van der Waals surface area contributed by atoms with E-state index in [-0.39, 0.29) is 30.7 Å². The lowest BCUT2D eigenvalue weighted by molar-refractivity contribution is -0.141. The van der Waals surface area contributed by atoms with Crippen molar-refractivity contribution in [2.45, 2.75) is 38.3 Å². The van der Waals surface area contributed by atoms with E-state index >= 15 is 0 Å². The number of carboxylic acid groups (broad SMARTS) is 1. The molecule has 0 spiro atoms. The first-order valence-electron chi connectivity index (χ1n) is 6.92. The fraction of sp³-hybridized carbons (Fsp3) is 0.467. The lowest BCUT2D eigenvalue weighted by Crippen LogP contribution is -2.42. The van der Waals surface area contributed by atoms with Gasteiger partial charge in [0.15, 0.2) is 6.10 Å². The van der Waals surface area contributed by atoms with Crippen LogP contribution in [0.5, 0.6) is 5.75 Å². The number of hydrogen-bond acceptors (Lipinski definition) is 3. The molecule has 114 valence electrons. The summed E-state index contributed by atoms with van der Waals surface area (Å²) in [6, 6.07) is 5.69. The normalized spacial score (nSPS) is 15.3. The van der Waals surface area contributed by atoms with Gasteiger partial charge in [-0.05, 0) is 31.9 Å². The van der Waals surface area contributed by atoms with Crippen LogP contribution in [0, 0.1) is 5.82 Å². The Labute approximate surface area is 122 Å². The van der Waals surface area contributed by atoms with E-state index in [0.717, 1.165) is 12.8 Å². The highest BCUT2D eigenvalue weighted by Gasteiger charge is 2.35. The molecule has 1 aliphatic carbocycles. The number of aliphatic carboxylic acids is 1. The van der Waals surface area contributed by atoms with Gasteiger partial charge in [0.05, 0.1) is 6.42 Å². The number of nitrogens with zero attached hydrogens (tertiary/aromatic N) is 1. The summed E-state index contributed by atoms with van der Waals surface area (Å²) in [6.45, 7) is 1.76. The number of halogens is 1. The molecular formula is C15H18FNO4. The summed E-state index contributed by atoms with van der Waals surface area (Å²) in [5.74, 6) is -1.35. The topological polar surface area (TPSA) is 66.8 Å². The Balaban J connectivity index is 1.97. The summed E-state index contributed by atoms with van der Waals surface area (Å²) in [6.07, 6.45) is 0.909. The Kier molecular flexibility index (Phi) is 4.77. The van der Waals surface area contributed by atoms with E-state index < -0.39 is 17.9 Å². The predicted octanol–water partition coefficient (Wildman–Crippen LogP) is 2.06. The molecule has 0 aromatic heterocycles. The first-order chi connectivity index (χ1) is 9.97. The van der Waals surface area contributed by atoms with Gasteiger partial charge in [-0.1, -0.05) is 6.07 Å². The quantitative estimate of drug-likeness (QED) is 0.836. The minimum Gasteiger partial charge on any atom is -0.481 e. The van der Waals surface area contributed by atoms with Gasteiger partial charge in [0.25, 0.3) is 5.91 Å². The molecule has 1 saturated carbocycles. The first-order valence-corrected chi connectivity index (χ1v) is 6.92. The highest BCUT2D eigenvalue weighted by Crippen LogP contribution is 2.28. The molecule has 1 aliphatic rings. The molecule has 1 N–H and O–H groups in total. The molecule has 1 unspecified atom stereocenters. The Morgan fingerprint density at radius 3 is 2.76 bits per heavy atom. The number of amides is 1. The molecule has 0 aliphatic heterocycles. The van der Waals surface area contributed by atoms with Gasteiger partial charge >= 0.3 is 5.97 Å². The molecule has 21 heavy (non-hydrogen) atoms. The molecule has 1 amide bonds. The first kappa shape index (κ1) is 15.3. The van der Waals surface area contributed by atoms with Crippen LogP contribution in [-0.4, -0.2) is 40.6 Å². The van der Waals surface area contributed by atoms with Gasteiger partial charge in [0, 0.05) is 18.7 Å². The number of ether oxygens (including phenoxy) is 1. The maximum Gasteiger partial charge on any atom is 0.305 e. The largest absolute Gasteiger partial charge is 0.481 e. The molecule has 2 rings (SSSR count). The van der Waals surface area contributed by atoms with Crippen molar-refractivity contribution >= 4 is 11.9 Å². The third-order valence-corrected chi connectivity index (χ3v) is 3.29. The van der Waals surface area contributed by atoms with E-state index in [2.05, 4.69) is 0 Å². The van der Waals surface area contributed by atoms with Crippen LogP contribution in [-0.2, 0) is 9.59 Å². The lowest BCUT2D eigenvalue weighted by Gasteiger charge is -2.25. The van der Waals surface area contributed by atoms with E-state index in [1.165, 1.54) is 18.2 Å². The monoisotopic (exact) mass is 295 g/mol. The van der Waals surface area contributed by atoms with Gasteiger partial charge in [-0.2, -0.15) is 0 Å². The average Bonchev–Trinajstić information content (AvgIpc) is 3.23. The minimum atomic E-state index is -0.938. The van der Waals surface area contributed by atoms with Crippen molar-refractivity contribution in [2.75, 3.05) is 6.54 Å². The van der Waals surface area contributed by atoms with Gasteiger partial charge in [0.1, 0.15) is 11.6 Å².